The molecule has 1 fully saturated rings. The minimum atomic E-state index is -4.51. The lowest BCUT2D eigenvalue weighted by Gasteiger charge is -2.36. The maximum absolute atomic E-state index is 14.5. The van der Waals surface area contributed by atoms with Gasteiger partial charge in [0.05, 0.1) is 15.4 Å². The summed E-state index contributed by atoms with van der Waals surface area (Å²) in [4.78, 5) is 23.1. The lowest BCUT2D eigenvalue weighted by atomic mass is 9.72. The molecule has 198 valence electrons. The number of anilines is 1. The lowest BCUT2D eigenvalue weighted by Crippen LogP contribution is -2.38. The van der Waals surface area contributed by atoms with E-state index in [9.17, 15) is 26.7 Å². The fourth-order valence-electron chi connectivity index (χ4n) is 5.03. The minimum absolute atomic E-state index is 0.121. The standard InChI is InChI=1S/C27H28F5N3OS/c1-16-13-26(28,29)12-6-9-20(21(16)15-34-22-11-10-19(14-33-22)27(30,31)32)24(36)23-25(37-17(2)35-23)18-7-4-3-5-8-18/h3-5,7-8,10-11,14,16,20-21H,6,9,12-13,15H2,1-2H3,(H,33,34)/t16-,20?,21?/m1/s1. The number of alkyl halides is 5. The van der Waals surface area contributed by atoms with Crippen LogP contribution >= 0.6 is 11.3 Å². The normalized spacial score (nSPS) is 22.2. The van der Waals surface area contributed by atoms with E-state index in [2.05, 4.69) is 15.3 Å². The van der Waals surface area contributed by atoms with E-state index < -0.39 is 35.4 Å². The van der Waals surface area contributed by atoms with Gasteiger partial charge in [-0.1, -0.05) is 37.3 Å². The number of thiazole rings is 1. The summed E-state index contributed by atoms with van der Waals surface area (Å²) in [6.45, 7) is 3.65. The number of carbonyl (C=O) groups excluding carboxylic acids is 1. The fraction of sp³-hybridized carbons (Fsp3) is 0.444. The van der Waals surface area contributed by atoms with Crippen LogP contribution in [-0.2, 0) is 6.18 Å². The lowest BCUT2D eigenvalue weighted by molar-refractivity contribution is -0.137. The van der Waals surface area contributed by atoms with Gasteiger partial charge < -0.3 is 5.32 Å². The number of aryl methyl sites for hydroxylation is 1. The average molecular weight is 538 g/mol. The number of rotatable bonds is 6. The van der Waals surface area contributed by atoms with Crippen LogP contribution in [0.15, 0.2) is 48.7 Å². The van der Waals surface area contributed by atoms with Crippen LogP contribution in [0.1, 0.15) is 53.7 Å². The molecule has 1 N–H and O–H groups in total. The Hall–Kier alpha value is -2.88. The van der Waals surface area contributed by atoms with Crippen molar-refractivity contribution in [3.8, 4) is 10.4 Å². The number of ketones is 1. The third-order valence-electron chi connectivity index (χ3n) is 6.88. The van der Waals surface area contributed by atoms with Crippen LogP contribution in [0.5, 0.6) is 0 Å². The third-order valence-corrected chi connectivity index (χ3v) is 7.90. The van der Waals surface area contributed by atoms with Crippen molar-refractivity contribution in [3.63, 3.8) is 0 Å². The molecular weight excluding hydrogens is 509 g/mol. The number of aromatic nitrogens is 2. The van der Waals surface area contributed by atoms with Crippen LogP contribution < -0.4 is 5.32 Å². The molecule has 1 saturated carbocycles. The van der Waals surface area contributed by atoms with Crippen molar-refractivity contribution in [3.05, 3.63) is 64.9 Å². The smallest absolute Gasteiger partial charge is 0.370 e. The van der Waals surface area contributed by atoms with Crippen molar-refractivity contribution >= 4 is 22.9 Å². The summed E-state index contributed by atoms with van der Waals surface area (Å²) in [5.74, 6) is -4.43. The minimum Gasteiger partial charge on any atom is -0.370 e. The van der Waals surface area contributed by atoms with Gasteiger partial charge in [-0.05, 0) is 49.3 Å². The first-order valence-corrected chi connectivity index (χ1v) is 13.0. The van der Waals surface area contributed by atoms with E-state index in [4.69, 9.17) is 0 Å². The summed E-state index contributed by atoms with van der Waals surface area (Å²) in [7, 11) is 0. The third kappa shape index (κ3) is 6.52. The summed E-state index contributed by atoms with van der Waals surface area (Å²) in [5, 5.41) is 3.73. The van der Waals surface area contributed by atoms with Gasteiger partial charge in [-0.2, -0.15) is 13.2 Å². The van der Waals surface area contributed by atoms with Gasteiger partial charge in [0.2, 0.25) is 5.92 Å². The predicted octanol–water partition coefficient (Wildman–Crippen LogP) is 7.90. The Bertz CT molecular complexity index is 1210. The molecule has 0 radical (unpaired) electrons. The second kappa shape index (κ2) is 10.8. The van der Waals surface area contributed by atoms with E-state index in [1.165, 1.54) is 17.4 Å². The molecule has 4 rings (SSSR count). The summed E-state index contributed by atoms with van der Waals surface area (Å²) in [6, 6.07) is 11.6. The first-order chi connectivity index (χ1) is 17.4. The fourth-order valence-corrected chi connectivity index (χ4v) is 5.96. The van der Waals surface area contributed by atoms with E-state index >= 15 is 0 Å². The van der Waals surface area contributed by atoms with Crippen LogP contribution in [0.3, 0.4) is 0 Å². The maximum Gasteiger partial charge on any atom is 0.417 e. The molecule has 1 aliphatic rings. The van der Waals surface area contributed by atoms with Gasteiger partial charge in [0.25, 0.3) is 0 Å². The zero-order valence-corrected chi connectivity index (χ0v) is 21.3. The first kappa shape index (κ1) is 27.2. The van der Waals surface area contributed by atoms with Crippen LogP contribution in [0, 0.1) is 24.7 Å². The molecule has 2 heterocycles. The highest BCUT2D eigenvalue weighted by atomic mass is 32.1. The molecule has 3 aromatic rings. The van der Waals surface area contributed by atoms with Gasteiger partial charge >= 0.3 is 6.18 Å². The molecule has 0 amide bonds. The highest BCUT2D eigenvalue weighted by molar-refractivity contribution is 7.15. The number of halogens is 5. The number of carbonyl (C=O) groups is 1. The molecule has 3 atom stereocenters. The molecule has 1 aromatic carbocycles. The molecule has 0 spiro atoms. The monoisotopic (exact) mass is 537 g/mol. The quantitative estimate of drug-likeness (QED) is 0.257. The summed E-state index contributed by atoms with van der Waals surface area (Å²) in [6.07, 6.45) is -3.98. The largest absolute Gasteiger partial charge is 0.417 e. The second-order valence-corrected chi connectivity index (χ2v) is 10.9. The van der Waals surface area contributed by atoms with Gasteiger partial charge in [0, 0.05) is 31.5 Å². The Kier molecular flexibility index (Phi) is 7.96. The summed E-state index contributed by atoms with van der Waals surface area (Å²) >= 11 is 1.41. The molecule has 0 saturated heterocycles. The van der Waals surface area contributed by atoms with Crippen molar-refractivity contribution in [2.75, 3.05) is 11.9 Å². The Morgan fingerprint density at radius 2 is 1.89 bits per heavy atom. The van der Waals surface area contributed by atoms with Gasteiger partial charge in [-0.3, -0.25) is 4.79 Å². The van der Waals surface area contributed by atoms with Crippen molar-refractivity contribution in [2.45, 2.75) is 51.6 Å². The van der Waals surface area contributed by atoms with Gasteiger partial charge in [0.1, 0.15) is 11.5 Å². The SMILES string of the molecule is Cc1nc(C(=O)C2CCCC(F)(F)C[C@@H](C)C2CNc2ccc(C(F)(F)F)cn2)c(-c2ccccc2)s1. The Morgan fingerprint density at radius 1 is 1.16 bits per heavy atom. The summed E-state index contributed by atoms with van der Waals surface area (Å²) in [5.41, 5.74) is 0.332. The number of nitrogens with one attached hydrogen (secondary N) is 1. The number of Topliss-reactive ketones (excluding diaryl/α,β-unsaturated/α-hetero) is 1. The highest BCUT2D eigenvalue weighted by Crippen LogP contribution is 2.42. The Balaban J connectivity index is 1.62. The van der Waals surface area contributed by atoms with E-state index in [0.29, 0.717) is 5.69 Å². The average Bonchev–Trinajstić information content (AvgIpc) is 3.23. The van der Waals surface area contributed by atoms with E-state index in [-0.39, 0.29) is 43.8 Å². The van der Waals surface area contributed by atoms with E-state index in [1.807, 2.05) is 37.3 Å². The van der Waals surface area contributed by atoms with Crippen LogP contribution in [0.25, 0.3) is 10.4 Å². The predicted molar refractivity (Wildman–Crippen MR) is 134 cm³/mol. The van der Waals surface area contributed by atoms with Crippen molar-refractivity contribution < 1.29 is 26.7 Å². The zero-order chi connectivity index (χ0) is 26.8. The van der Waals surface area contributed by atoms with Crippen molar-refractivity contribution in [2.24, 2.45) is 17.8 Å². The van der Waals surface area contributed by atoms with Gasteiger partial charge in [0.15, 0.2) is 5.78 Å². The number of hydrogen-bond acceptors (Lipinski definition) is 5. The highest BCUT2D eigenvalue weighted by Gasteiger charge is 2.42. The molecule has 10 heteroatoms. The van der Waals surface area contributed by atoms with Crippen LogP contribution in [0.4, 0.5) is 27.8 Å². The topological polar surface area (TPSA) is 54.9 Å². The zero-order valence-electron chi connectivity index (χ0n) is 20.5. The molecule has 37 heavy (non-hydrogen) atoms. The molecule has 0 bridgehead atoms. The molecule has 2 aromatic heterocycles. The molecule has 2 unspecified atom stereocenters. The van der Waals surface area contributed by atoms with Crippen molar-refractivity contribution in [1.29, 1.82) is 0 Å². The van der Waals surface area contributed by atoms with Crippen LogP contribution in [0.2, 0.25) is 0 Å². The van der Waals surface area contributed by atoms with E-state index in [1.54, 1.807) is 6.92 Å². The molecular formula is C27H28F5N3OS. The van der Waals surface area contributed by atoms with Gasteiger partial charge in [-0.25, -0.2) is 18.7 Å². The molecule has 0 aliphatic heterocycles. The van der Waals surface area contributed by atoms with E-state index in [0.717, 1.165) is 27.7 Å². The van der Waals surface area contributed by atoms with Crippen LogP contribution in [-0.4, -0.2) is 28.2 Å². The Labute approximate surface area is 216 Å². The van der Waals surface area contributed by atoms with Gasteiger partial charge in [-0.15, -0.1) is 11.3 Å². The number of benzene rings is 1. The second-order valence-electron chi connectivity index (χ2n) is 9.65. The number of nitrogens with zero attached hydrogens (tertiary/aromatic N) is 2. The maximum atomic E-state index is 14.5. The number of hydrogen-bond donors (Lipinski definition) is 1. The first-order valence-electron chi connectivity index (χ1n) is 12.2. The summed E-state index contributed by atoms with van der Waals surface area (Å²) < 4.78 is 67.7. The molecule has 1 aliphatic carbocycles. The Morgan fingerprint density at radius 3 is 2.54 bits per heavy atom. The van der Waals surface area contributed by atoms with Crippen molar-refractivity contribution in [1.82, 2.24) is 9.97 Å². The number of pyridine rings is 1. The molecule has 4 nitrogen and oxygen atoms in total.